The Labute approximate surface area is 127 Å². The molecule has 1 heterocycles. The average Bonchev–Trinajstić information content (AvgIpc) is 2.89. The van der Waals surface area contributed by atoms with Crippen LogP contribution in [0.1, 0.15) is 26.8 Å². The van der Waals surface area contributed by atoms with Crippen molar-refractivity contribution in [3.8, 4) is 0 Å². The summed E-state index contributed by atoms with van der Waals surface area (Å²) in [4.78, 5) is 13.1. The van der Waals surface area contributed by atoms with Crippen molar-refractivity contribution in [1.29, 1.82) is 0 Å². The zero-order chi connectivity index (χ0) is 15.4. The zero-order valence-electron chi connectivity index (χ0n) is 12.2. The number of amides is 1. The van der Waals surface area contributed by atoms with Crippen LogP contribution in [0.3, 0.4) is 0 Å². The normalized spacial score (nSPS) is 12.4. The Hall–Kier alpha value is -1.82. The van der Waals surface area contributed by atoms with Gasteiger partial charge in [0.25, 0.3) is 0 Å². The monoisotopic (exact) mass is 307 g/mol. The standard InChI is InChI=1S/C15H18FN3OS/c1-10(2)19-14(8-9-17-19)18-15(20)11(3)21-13-6-4-12(16)5-7-13/h4-11H,1-3H3,(H,18,20)/t11-/m0/s1. The number of carbonyl (C=O) groups excluding carboxylic acids is 1. The summed E-state index contributed by atoms with van der Waals surface area (Å²) in [5.41, 5.74) is 0. The molecule has 0 aliphatic carbocycles. The van der Waals surface area contributed by atoms with Crippen molar-refractivity contribution in [3.63, 3.8) is 0 Å². The summed E-state index contributed by atoms with van der Waals surface area (Å²) in [5, 5.41) is 6.76. The molecule has 2 aromatic rings. The molecule has 4 nitrogen and oxygen atoms in total. The third-order valence-corrected chi connectivity index (χ3v) is 4.02. The lowest BCUT2D eigenvalue weighted by Crippen LogP contribution is -2.24. The summed E-state index contributed by atoms with van der Waals surface area (Å²) in [5.74, 6) is 0.297. The van der Waals surface area contributed by atoms with E-state index >= 15 is 0 Å². The van der Waals surface area contributed by atoms with E-state index in [1.807, 2.05) is 20.8 Å². The molecule has 1 aromatic carbocycles. The minimum Gasteiger partial charge on any atom is -0.310 e. The second kappa shape index (κ2) is 6.76. The molecular weight excluding hydrogens is 289 g/mol. The first-order chi connectivity index (χ1) is 9.97. The van der Waals surface area contributed by atoms with Crippen molar-refractivity contribution >= 4 is 23.5 Å². The number of nitrogens with one attached hydrogen (secondary N) is 1. The van der Waals surface area contributed by atoms with Crippen LogP contribution in [-0.2, 0) is 4.79 Å². The van der Waals surface area contributed by atoms with Gasteiger partial charge in [-0.3, -0.25) is 4.79 Å². The van der Waals surface area contributed by atoms with Crippen LogP contribution in [0.4, 0.5) is 10.2 Å². The van der Waals surface area contributed by atoms with Gasteiger partial charge in [0.2, 0.25) is 5.91 Å². The number of rotatable bonds is 5. The molecule has 0 unspecified atom stereocenters. The highest BCUT2D eigenvalue weighted by molar-refractivity contribution is 8.00. The van der Waals surface area contributed by atoms with Crippen LogP contribution < -0.4 is 5.32 Å². The van der Waals surface area contributed by atoms with E-state index in [0.717, 1.165) is 4.90 Å². The fraction of sp³-hybridized carbons (Fsp3) is 0.333. The van der Waals surface area contributed by atoms with E-state index in [1.54, 1.807) is 29.1 Å². The van der Waals surface area contributed by atoms with Crippen molar-refractivity contribution < 1.29 is 9.18 Å². The Kier molecular flexibility index (Phi) is 5.01. The maximum absolute atomic E-state index is 12.9. The molecule has 1 aromatic heterocycles. The largest absolute Gasteiger partial charge is 0.310 e. The molecule has 1 N–H and O–H groups in total. The van der Waals surface area contributed by atoms with E-state index in [2.05, 4.69) is 10.4 Å². The predicted octanol–water partition coefficient (Wildman–Crippen LogP) is 3.72. The van der Waals surface area contributed by atoms with Crippen LogP contribution >= 0.6 is 11.8 Å². The summed E-state index contributed by atoms with van der Waals surface area (Å²) < 4.78 is 14.6. The molecule has 0 aliphatic heterocycles. The summed E-state index contributed by atoms with van der Waals surface area (Å²) in [6.07, 6.45) is 1.66. The lowest BCUT2D eigenvalue weighted by atomic mass is 10.3. The van der Waals surface area contributed by atoms with Crippen LogP contribution in [-0.4, -0.2) is 20.9 Å². The van der Waals surface area contributed by atoms with E-state index in [-0.39, 0.29) is 23.0 Å². The molecule has 0 bridgehead atoms. The molecule has 0 spiro atoms. The molecule has 21 heavy (non-hydrogen) atoms. The van der Waals surface area contributed by atoms with Crippen LogP contribution in [0.2, 0.25) is 0 Å². The van der Waals surface area contributed by atoms with Crippen LogP contribution in [0.15, 0.2) is 41.4 Å². The number of hydrogen-bond acceptors (Lipinski definition) is 3. The molecule has 1 amide bonds. The van der Waals surface area contributed by atoms with E-state index in [1.165, 1.54) is 23.9 Å². The number of nitrogens with zero attached hydrogens (tertiary/aromatic N) is 2. The third kappa shape index (κ3) is 4.07. The van der Waals surface area contributed by atoms with E-state index in [4.69, 9.17) is 0 Å². The first-order valence-corrected chi connectivity index (χ1v) is 7.62. The number of halogens is 1. The van der Waals surface area contributed by atoms with Gasteiger partial charge in [0.1, 0.15) is 11.6 Å². The van der Waals surface area contributed by atoms with Crippen molar-refractivity contribution in [1.82, 2.24) is 9.78 Å². The Balaban J connectivity index is 1.99. The second-order valence-electron chi connectivity index (χ2n) is 4.96. The maximum atomic E-state index is 12.9. The number of carbonyl (C=O) groups is 1. The number of benzene rings is 1. The molecule has 0 radical (unpaired) electrons. The van der Waals surface area contributed by atoms with Gasteiger partial charge < -0.3 is 5.32 Å². The molecule has 0 aliphatic rings. The van der Waals surface area contributed by atoms with E-state index in [9.17, 15) is 9.18 Å². The molecular formula is C15H18FN3OS. The average molecular weight is 307 g/mol. The number of anilines is 1. The summed E-state index contributed by atoms with van der Waals surface area (Å²) in [6.45, 7) is 5.82. The van der Waals surface area contributed by atoms with Gasteiger partial charge in [0.15, 0.2) is 0 Å². The SMILES string of the molecule is CC(C)n1nccc1NC(=O)[C@H](C)Sc1ccc(F)cc1. The Morgan fingerprint density at radius 3 is 2.52 bits per heavy atom. The predicted molar refractivity (Wildman–Crippen MR) is 83.0 cm³/mol. The quantitative estimate of drug-likeness (QED) is 0.856. The first kappa shape index (κ1) is 15.6. The number of aromatic nitrogens is 2. The molecule has 2 rings (SSSR count). The Morgan fingerprint density at radius 2 is 1.90 bits per heavy atom. The fourth-order valence-corrected chi connectivity index (χ4v) is 2.69. The van der Waals surface area contributed by atoms with Crippen molar-refractivity contribution in [2.45, 2.75) is 37.0 Å². The van der Waals surface area contributed by atoms with Gasteiger partial charge >= 0.3 is 0 Å². The van der Waals surface area contributed by atoms with Crippen molar-refractivity contribution in [2.75, 3.05) is 5.32 Å². The van der Waals surface area contributed by atoms with Gasteiger partial charge in [-0.05, 0) is 45.0 Å². The minimum atomic E-state index is -0.286. The lowest BCUT2D eigenvalue weighted by molar-refractivity contribution is -0.115. The second-order valence-corrected chi connectivity index (χ2v) is 6.37. The van der Waals surface area contributed by atoms with Gasteiger partial charge in [-0.1, -0.05) is 0 Å². The van der Waals surface area contributed by atoms with Gasteiger partial charge in [-0.25, -0.2) is 9.07 Å². The van der Waals surface area contributed by atoms with Crippen LogP contribution in [0.5, 0.6) is 0 Å². The highest BCUT2D eigenvalue weighted by atomic mass is 32.2. The first-order valence-electron chi connectivity index (χ1n) is 6.74. The topological polar surface area (TPSA) is 46.9 Å². The lowest BCUT2D eigenvalue weighted by Gasteiger charge is -2.15. The summed E-state index contributed by atoms with van der Waals surface area (Å²) in [7, 11) is 0. The summed E-state index contributed by atoms with van der Waals surface area (Å²) >= 11 is 1.39. The molecule has 0 fully saturated rings. The summed E-state index contributed by atoms with van der Waals surface area (Å²) in [6, 6.07) is 8.06. The van der Waals surface area contributed by atoms with Gasteiger partial charge in [0, 0.05) is 17.0 Å². The van der Waals surface area contributed by atoms with Crippen LogP contribution in [0, 0.1) is 5.82 Å². The number of hydrogen-bond donors (Lipinski definition) is 1. The highest BCUT2D eigenvalue weighted by Crippen LogP contribution is 2.24. The van der Waals surface area contributed by atoms with Crippen LogP contribution in [0.25, 0.3) is 0 Å². The molecule has 0 saturated carbocycles. The van der Waals surface area contributed by atoms with Crippen molar-refractivity contribution in [3.05, 3.63) is 42.3 Å². The van der Waals surface area contributed by atoms with E-state index in [0.29, 0.717) is 5.82 Å². The fourth-order valence-electron chi connectivity index (χ4n) is 1.82. The highest BCUT2D eigenvalue weighted by Gasteiger charge is 2.17. The van der Waals surface area contributed by atoms with Gasteiger partial charge in [0.05, 0.1) is 11.4 Å². The minimum absolute atomic E-state index is 0.105. The smallest absolute Gasteiger partial charge is 0.238 e. The Bertz CT molecular complexity index is 610. The van der Waals surface area contributed by atoms with Gasteiger partial charge in [-0.2, -0.15) is 5.10 Å². The molecule has 6 heteroatoms. The number of thioether (sulfide) groups is 1. The molecule has 112 valence electrons. The van der Waals surface area contributed by atoms with Crippen molar-refractivity contribution in [2.24, 2.45) is 0 Å². The van der Waals surface area contributed by atoms with Gasteiger partial charge in [-0.15, -0.1) is 11.8 Å². The molecule has 1 atom stereocenters. The molecule has 0 saturated heterocycles. The maximum Gasteiger partial charge on any atom is 0.238 e. The third-order valence-electron chi connectivity index (χ3n) is 2.91. The van der Waals surface area contributed by atoms with E-state index < -0.39 is 0 Å². The zero-order valence-corrected chi connectivity index (χ0v) is 13.0. The Morgan fingerprint density at radius 1 is 1.24 bits per heavy atom.